The monoisotopic (exact) mass is 286 g/mol. The van der Waals surface area contributed by atoms with Crippen molar-refractivity contribution in [2.24, 2.45) is 9.70 Å². The first kappa shape index (κ1) is 13.6. The van der Waals surface area contributed by atoms with Gasteiger partial charge in [-0.1, -0.05) is 0 Å². The number of carboxylic acid groups (broad SMARTS) is 2. The quantitative estimate of drug-likeness (QED) is 0.514. The molecule has 0 amide bonds. The van der Waals surface area contributed by atoms with Crippen molar-refractivity contribution in [2.75, 3.05) is 11.5 Å². The molecule has 0 spiro atoms. The minimum atomic E-state index is -1.09. The molecule has 2 atom stereocenters. The van der Waals surface area contributed by atoms with Crippen LogP contribution in [0.3, 0.4) is 0 Å². The van der Waals surface area contributed by atoms with E-state index in [0.29, 0.717) is 0 Å². The maximum atomic E-state index is 10.5. The molecule has 14 heavy (non-hydrogen) atoms. The molecule has 8 heteroatoms. The van der Waals surface area contributed by atoms with Gasteiger partial charge in [0.25, 0.3) is 0 Å². The van der Waals surface area contributed by atoms with Crippen molar-refractivity contribution in [3.63, 3.8) is 0 Å². The fourth-order valence-corrected chi connectivity index (χ4v) is 2.06. The topological polar surface area (TPSA) is 113 Å². The first-order valence-corrected chi connectivity index (χ1v) is 5.52. The van der Waals surface area contributed by atoms with Gasteiger partial charge in [-0.2, -0.15) is 0 Å². The third-order valence-electron chi connectivity index (χ3n) is 1.30. The van der Waals surface area contributed by atoms with Crippen molar-refractivity contribution in [1.29, 1.82) is 0 Å². The molecule has 0 aromatic carbocycles. The summed E-state index contributed by atoms with van der Waals surface area (Å²) in [7, 11) is 0. The average Bonchev–Trinajstić information content (AvgIpc) is 2.11. The Kier molecular flexibility index (Phi) is 6.73. The standard InChI is InChI=1S/C6H10N2O4SSe/c7-3(5(9)10)1-13-2-4(8-14)6(11)12/h3-4H,1-2,7H2,(H,9,10)(H,11,12)/t3?,4-/m0/s1. The Morgan fingerprint density at radius 3 is 2.29 bits per heavy atom. The van der Waals surface area contributed by atoms with Crippen LogP contribution in [0.15, 0.2) is 3.96 Å². The van der Waals surface area contributed by atoms with E-state index in [1.165, 1.54) is 0 Å². The van der Waals surface area contributed by atoms with E-state index in [9.17, 15) is 9.59 Å². The van der Waals surface area contributed by atoms with Gasteiger partial charge in [-0.15, -0.1) is 0 Å². The van der Waals surface area contributed by atoms with Gasteiger partial charge in [-0.25, -0.2) is 0 Å². The Morgan fingerprint density at radius 1 is 1.36 bits per heavy atom. The molecule has 0 aromatic rings. The summed E-state index contributed by atoms with van der Waals surface area (Å²) in [4.78, 5) is 20.8. The van der Waals surface area contributed by atoms with E-state index in [1.807, 2.05) is 0 Å². The molecular formula is C6H10N2O4SSe. The molecule has 0 fully saturated rings. The molecule has 0 saturated carbocycles. The zero-order chi connectivity index (χ0) is 11.1. The van der Waals surface area contributed by atoms with Gasteiger partial charge in [0, 0.05) is 0 Å². The molecule has 0 aromatic heterocycles. The van der Waals surface area contributed by atoms with Crippen molar-refractivity contribution >= 4 is 39.5 Å². The van der Waals surface area contributed by atoms with Crippen LogP contribution in [-0.4, -0.2) is 61.6 Å². The van der Waals surface area contributed by atoms with E-state index >= 15 is 0 Å². The molecule has 0 saturated heterocycles. The summed E-state index contributed by atoms with van der Waals surface area (Å²) >= 11 is 3.42. The van der Waals surface area contributed by atoms with Crippen LogP contribution in [0.5, 0.6) is 0 Å². The zero-order valence-corrected chi connectivity index (χ0v) is 9.65. The summed E-state index contributed by atoms with van der Waals surface area (Å²) < 4.78 is 3.50. The van der Waals surface area contributed by atoms with Crippen molar-refractivity contribution in [1.82, 2.24) is 0 Å². The van der Waals surface area contributed by atoms with E-state index in [-0.39, 0.29) is 11.5 Å². The van der Waals surface area contributed by atoms with Crippen molar-refractivity contribution in [2.45, 2.75) is 12.1 Å². The van der Waals surface area contributed by atoms with Crippen molar-refractivity contribution in [3.8, 4) is 0 Å². The fraction of sp³-hybridized carbons (Fsp3) is 0.667. The Hall–Kier alpha value is -0.431. The predicted octanol–water partition coefficient (Wildman–Crippen LogP) is -1.06. The number of hydrogen-bond acceptors (Lipinski definition) is 5. The van der Waals surface area contributed by atoms with Crippen LogP contribution in [0.2, 0.25) is 0 Å². The second-order valence-corrected chi connectivity index (χ2v) is 3.96. The third-order valence-corrected chi connectivity index (χ3v) is 2.98. The minimum absolute atomic E-state index is 0.175. The van der Waals surface area contributed by atoms with Crippen LogP contribution >= 0.6 is 11.8 Å². The SMILES string of the molecule is NC(CSC[C@H](N=[Se])C(=O)O)C(=O)O. The zero-order valence-electron chi connectivity index (χ0n) is 7.12. The predicted molar refractivity (Wildman–Crippen MR) is 52.5 cm³/mol. The fourth-order valence-electron chi connectivity index (χ4n) is 0.525. The van der Waals surface area contributed by atoms with Gasteiger partial charge in [-0.3, -0.25) is 0 Å². The van der Waals surface area contributed by atoms with Gasteiger partial charge in [0.05, 0.1) is 0 Å². The number of hydrogen-bond donors (Lipinski definition) is 3. The first-order chi connectivity index (χ1) is 6.49. The van der Waals surface area contributed by atoms with E-state index in [4.69, 9.17) is 15.9 Å². The van der Waals surface area contributed by atoms with Crippen LogP contribution in [0, 0.1) is 0 Å². The van der Waals surface area contributed by atoms with E-state index in [2.05, 4.69) is 19.8 Å². The van der Waals surface area contributed by atoms with Crippen LogP contribution in [-0.2, 0) is 9.59 Å². The Bertz CT molecular complexity index is 238. The van der Waals surface area contributed by atoms with Gasteiger partial charge in [0.1, 0.15) is 0 Å². The molecule has 80 valence electrons. The summed E-state index contributed by atoms with van der Waals surface area (Å²) in [6.07, 6.45) is 0. The summed E-state index contributed by atoms with van der Waals surface area (Å²) in [6, 6.07) is -1.81. The number of carboxylic acids is 2. The molecule has 1 unspecified atom stereocenters. The number of nitrogens with zero attached hydrogens (tertiary/aromatic N) is 1. The van der Waals surface area contributed by atoms with Crippen LogP contribution in [0.1, 0.15) is 0 Å². The molecule has 0 rings (SSSR count). The average molecular weight is 285 g/mol. The Balaban J connectivity index is 3.77. The molecule has 6 nitrogen and oxygen atoms in total. The molecule has 0 aliphatic rings. The van der Waals surface area contributed by atoms with Crippen LogP contribution in [0.25, 0.3) is 0 Å². The normalized spacial score (nSPS) is 14.4. The molecule has 0 aliphatic heterocycles. The number of aliphatic carboxylic acids is 2. The van der Waals surface area contributed by atoms with Gasteiger partial charge >= 0.3 is 92.6 Å². The number of rotatable bonds is 7. The van der Waals surface area contributed by atoms with E-state index in [0.717, 1.165) is 11.8 Å². The van der Waals surface area contributed by atoms with Crippen LogP contribution < -0.4 is 5.73 Å². The van der Waals surface area contributed by atoms with E-state index < -0.39 is 24.0 Å². The molecule has 0 bridgehead atoms. The second-order valence-electron chi connectivity index (χ2n) is 2.44. The number of carbonyl (C=O) groups is 2. The maximum absolute atomic E-state index is 10.5. The molecular weight excluding hydrogens is 275 g/mol. The number of nitrogens with two attached hydrogens (primary N) is 1. The van der Waals surface area contributed by atoms with Crippen LogP contribution in [0.4, 0.5) is 0 Å². The van der Waals surface area contributed by atoms with Gasteiger partial charge in [-0.05, 0) is 0 Å². The third kappa shape index (κ3) is 5.33. The van der Waals surface area contributed by atoms with Gasteiger partial charge in [0.2, 0.25) is 0 Å². The molecule has 0 aliphatic carbocycles. The van der Waals surface area contributed by atoms with Gasteiger partial charge in [0.15, 0.2) is 0 Å². The van der Waals surface area contributed by atoms with Crippen molar-refractivity contribution < 1.29 is 19.8 Å². The second kappa shape index (κ2) is 6.94. The summed E-state index contributed by atoms with van der Waals surface area (Å²) in [5, 5.41) is 17.0. The molecule has 4 N–H and O–H groups in total. The summed E-state index contributed by atoms with van der Waals surface area (Å²) in [6.45, 7) is 0. The first-order valence-electron chi connectivity index (χ1n) is 3.60. The van der Waals surface area contributed by atoms with Crippen molar-refractivity contribution in [3.05, 3.63) is 0 Å². The Morgan fingerprint density at radius 2 is 1.93 bits per heavy atom. The summed E-state index contributed by atoms with van der Waals surface area (Å²) in [5.41, 5.74) is 5.21. The molecule has 0 heterocycles. The summed E-state index contributed by atoms with van der Waals surface area (Å²) in [5.74, 6) is -1.75. The Labute approximate surface area is 92.9 Å². The van der Waals surface area contributed by atoms with Gasteiger partial charge < -0.3 is 0 Å². The molecule has 0 radical (unpaired) electrons. The number of thioether (sulfide) groups is 1. The van der Waals surface area contributed by atoms with E-state index in [1.54, 1.807) is 0 Å².